The fourth-order valence-electron chi connectivity index (χ4n) is 3.33. The molecule has 1 aromatic rings. The van der Waals surface area contributed by atoms with Gasteiger partial charge in [-0.05, 0) is 50.8 Å². The fourth-order valence-corrected chi connectivity index (χ4v) is 4.82. The summed E-state index contributed by atoms with van der Waals surface area (Å²) < 4.78 is 23.1. The van der Waals surface area contributed by atoms with E-state index in [1.807, 2.05) is 33.0 Å². The third-order valence-corrected chi connectivity index (χ3v) is 5.63. The van der Waals surface area contributed by atoms with Crippen LogP contribution in [0.1, 0.15) is 42.9 Å². The van der Waals surface area contributed by atoms with Crippen LogP contribution in [0.4, 0.5) is 0 Å². The molecule has 0 bridgehead atoms. The van der Waals surface area contributed by atoms with Crippen molar-refractivity contribution in [1.82, 2.24) is 15.2 Å². The molecule has 1 heterocycles. The Morgan fingerprint density at radius 3 is 2.64 bits per heavy atom. The average molecular weight is 368 g/mol. The van der Waals surface area contributed by atoms with Crippen LogP contribution in [0, 0.1) is 5.41 Å². The summed E-state index contributed by atoms with van der Waals surface area (Å²) in [6.45, 7) is 5.37. The van der Waals surface area contributed by atoms with Crippen molar-refractivity contribution in [2.24, 2.45) is 5.41 Å². The molecule has 0 aliphatic heterocycles. The van der Waals surface area contributed by atoms with E-state index in [1.54, 1.807) is 6.07 Å². The van der Waals surface area contributed by atoms with E-state index in [0.717, 1.165) is 31.5 Å². The lowest BCUT2D eigenvalue weighted by Gasteiger charge is -2.26. The molecule has 25 heavy (non-hydrogen) atoms. The highest BCUT2D eigenvalue weighted by molar-refractivity contribution is 7.90. The number of sulfone groups is 1. The minimum Gasteiger partial charge on any atom is -0.347 e. The maximum Gasteiger partial charge on any atom is 0.270 e. The molecule has 1 unspecified atom stereocenters. The van der Waals surface area contributed by atoms with Gasteiger partial charge in [0, 0.05) is 31.1 Å². The van der Waals surface area contributed by atoms with Gasteiger partial charge in [-0.2, -0.15) is 0 Å². The predicted molar refractivity (Wildman–Crippen MR) is 99.4 cm³/mol. The number of pyridine rings is 1. The maximum atomic E-state index is 12.3. The second-order valence-electron chi connectivity index (χ2n) is 7.51. The summed E-state index contributed by atoms with van der Waals surface area (Å²) in [5.41, 5.74) is 1.24. The minimum atomic E-state index is -2.96. The number of aromatic nitrogens is 1. The number of amides is 1. The van der Waals surface area contributed by atoms with Crippen LogP contribution in [0.3, 0.4) is 0 Å². The Labute approximate surface area is 150 Å². The van der Waals surface area contributed by atoms with Crippen molar-refractivity contribution in [3.63, 3.8) is 0 Å². The van der Waals surface area contributed by atoms with Crippen molar-refractivity contribution < 1.29 is 13.2 Å². The second-order valence-corrected chi connectivity index (χ2v) is 9.65. The smallest absolute Gasteiger partial charge is 0.270 e. The number of aryl methyl sites for hydroxylation is 1. The molecule has 7 heteroatoms. The SMILES string of the molecule is CCc1cccc(C(=O)NC(C)CN(C)CC2(CS(C)(=O)=O)CC2)n1. The van der Waals surface area contributed by atoms with Gasteiger partial charge < -0.3 is 10.2 Å². The first-order valence-corrected chi connectivity index (χ1v) is 10.8. The maximum absolute atomic E-state index is 12.3. The summed E-state index contributed by atoms with van der Waals surface area (Å²) in [4.78, 5) is 18.8. The molecule has 1 fully saturated rings. The standard InChI is InChI=1S/C18H29N3O3S/c1-5-15-7-6-8-16(20-15)17(22)19-14(2)11-21(3)12-18(9-10-18)13-25(4,23)24/h6-8,14H,5,9-13H2,1-4H3,(H,19,22). The van der Waals surface area contributed by atoms with Crippen LogP contribution >= 0.6 is 0 Å². The highest BCUT2D eigenvalue weighted by Gasteiger charge is 2.45. The Morgan fingerprint density at radius 2 is 2.08 bits per heavy atom. The molecule has 0 saturated heterocycles. The molecule has 1 aromatic heterocycles. The molecule has 140 valence electrons. The lowest BCUT2D eigenvalue weighted by atomic mass is 10.1. The summed E-state index contributed by atoms with van der Waals surface area (Å²) >= 11 is 0. The van der Waals surface area contributed by atoms with Gasteiger partial charge in [-0.25, -0.2) is 13.4 Å². The van der Waals surface area contributed by atoms with E-state index in [-0.39, 0.29) is 23.1 Å². The summed E-state index contributed by atoms with van der Waals surface area (Å²) in [6.07, 6.45) is 4.01. The Hall–Kier alpha value is -1.47. The van der Waals surface area contributed by atoms with Gasteiger partial charge in [0.05, 0.1) is 5.75 Å². The van der Waals surface area contributed by atoms with Gasteiger partial charge in [0.1, 0.15) is 15.5 Å². The van der Waals surface area contributed by atoms with Crippen LogP contribution in [0.5, 0.6) is 0 Å². The number of nitrogens with zero attached hydrogens (tertiary/aromatic N) is 2. The number of carbonyl (C=O) groups excluding carboxylic acids is 1. The van der Waals surface area contributed by atoms with Gasteiger partial charge in [0.15, 0.2) is 0 Å². The summed E-state index contributed by atoms with van der Waals surface area (Å²) in [7, 11) is -0.987. The fraction of sp³-hybridized carbons (Fsp3) is 0.667. The van der Waals surface area contributed by atoms with Crippen LogP contribution in [0.15, 0.2) is 18.2 Å². The molecule has 1 aliphatic rings. The molecule has 1 aliphatic carbocycles. The first-order valence-electron chi connectivity index (χ1n) is 8.75. The zero-order chi connectivity index (χ0) is 18.7. The van der Waals surface area contributed by atoms with Crippen LogP contribution in [0.2, 0.25) is 0 Å². The van der Waals surface area contributed by atoms with Crippen molar-refractivity contribution in [2.75, 3.05) is 32.1 Å². The van der Waals surface area contributed by atoms with Crippen LogP contribution in [0.25, 0.3) is 0 Å². The summed E-state index contributed by atoms with van der Waals surface area (Å²) in [5, 5.41) is 2.97. The van der Waals surface area contributed by atoms with E-state index in [9.17, 15) is 13.2 Å². The first kappa shape index (κ1) is 19.8. The Balaban J connectivity index is 1.85. The third kappa shape index (κ3) is 6.40. The Bertz CT molecular complexity index is 714. The molecule has 2 rings (SSSR count). The quantitative estimate of drug-likeness (QED) is 0.716. The zero-order valence-corrected chi connectivity index (χ0v) is 16.4. The Morgan fingerprint density at radius 1 is 1.40 bits per heavy atom. The molecular formula is C18H29N3O3S. The normalized spacial score (nSPS) is 17.3. The van der Waals surface area contributed by atoms with Gasteiger partial charge in [-0.1, -0.05) is 13.0 Å². The average Bonchev–Trinajstić information content (AvgIpc) is 3.23. The largest absolute Gasteiger partial charge is 0.347 e. The monoisotopic (exact) mass is 367 g/mol. The molecule has 1 atom stereocenters. The molecule has 0 aromatic carbocycles. The van der Waals surface area contributed by atoms with Gasteiger partial charge >= 0.3 is 0 Å². The summed E-state index contributed by atoms with van der Waals surface area (Å²) in [6, 6.07) is 5.43. The molecular weight excluding hydrogens is 338 g/mol. The van der Waals surface area contributed by atoms with Gasteiger partial charge in [-0.15, -0.1) is 0 Å². The lowest BCUT2D eigenvalue weighted by molar-refractivity contribution is 0.0925. The van der Waals surface area contributed by atoms with Gasteiger partial charge in [0.2, 0.25) is 0 Å². The van der Waals surface area contributed by atoms with Crippen molar-refractivity contribution in [1.29, 1.82) is 0 Å². The van der Waals surface area contributed by atoms with E-state index in [2.05, 4.69) is 15.2 Å². The molecule has 1 amide bonds. The summed E-state index contributed by atoms with van der Waals surface area (Å²) in [5.74, 6) is 0.0761. The Kier molecular flexibility index (Phi) is 6.21. The molecule has 6 nitrogen and oxygen atoms in total. The van der Waals surface area contributed by atoms with E-state index in [1.165, 1.54) is 6.26 Å². The van der Waals surface area contributed by atoms with Crippen molar-refractivity contribution in [3.8, 4) is 0 Å². The van der Waals surface area contributed by atoms with E-state index >= 15 is 0 Å². The molecule has 0 radical (unpaired) electrons. The molecule has 0 spiro atoms. The lowest BCUT2D eigenvalue weighted by Crippen LogP contribution is -2.43. The number of carbonyl (C=O) groups is 1. The van der Waals surface area contributed by atoms with Gasteiger partial charge in [0.25, 0.3) is 5.91 Å². The first-order chi connectivity index (χ1) is 11.6. The van der Waals surface area contributed by atoms with Crippen molar-refractivity contribution in [2.45, 2.75) is 39.2 Å². The number of nitrogens with one attached hydrogen (secondary N) is 1. The number of hydrogen-bond donors (Lipinski definition) is 1. The third-order valence-electron chi connectivity index (χ3n) is 4.50. The zero-order valence-electron chi connectivity index (χ0n) is 15.6. The number of hydrogen-bond acceptors (Lipinski definition) is 5. The van der Waals surface area contributed by atoms with Crippen molar-refractivity contribution in [3.05, 3.63) is 29.6 Å². The topological polar surface area (TPSA) is 79.4 Å². The number of likely N-dealkylation sites (N-methyl/N-ethyl adjacent to an activating group) is 1. The highest BCUT2D eigenvalue weighted by Crippen LogP contribution is 2.47. The predicted octanol–water partition coefficient (Wildman–Crippen LogP) is 1.52. The van der Waals surface area contributed by atoms with Crippen LogP contribution < -0.4 is 5.32 Å². The highest BCUT2D eigenvalue weighted by atomic mass is 32.2. The number of rotatable bonds is 9. The van der Waals surface area contributed by atoms with E-state index in [0.29, 0.717) is 12.2 Å². The van der Waals surface area contributed by atoms with Gasteiger partial charge in [-0.3, -0.25) is 4.79 Å². The molecule has 1 N–H and O–H groups in total. The second kappa shape index (κ2) is 7.83. The van der Waals surface area contributed by atoms with Crippen LogP contribution in [-0.2, 0) is 16.3 Å². The van der Waals surface area contributed by atoms with Crippen LogP contribution in [-0.4, -0.2) is 62.4 Å². The molecule has 1 saturated carbocycles. The van der Waals surface area contributed by atoms with E-state index in [4.69, 9.17) is 0 Å². The minimum absolute atomic E-state index is 0.0429. The van der Waals surface area contributed by atoms with E-state index < -0.39 is 9.84 Å². The van der Waals surface area contributed by atoms with Crippen molar-refractivity contribution >= 4 is 15.7 Å².